The highest BCUT2D eigenvalue weighted by Crippen LogP contribution is 2.31. The van der Waals surface area contributed by atoms with Crippen LogP contribution < -0.4 is 15.4 Å². The van der Waals surface area contributed by atoms with Gasteiger partial charge in [0.25, 0.3) is 0 Å². The van der Waals surface area contributed by atoms with Gasteiger partial charge in [-0.15, -0.1) is 0 Å². The summed E-state index contributed by atoms with van der Waals surface area (Å²) in [4.78, 5) is 19.4. The van der Waals surface area contributed by atoms with Crippen molar-refractivity contribution in [2.45, 2.75) is 39.3 Å². The maximum atomic E-state index is 14.5. The van der Waals surface area contributed by atoms with Crippen molar-refractivity contribution in [2.24, 2.45) is 0 Å². The molecule has 0 spiro atoms. The second kappa shape index (κ2) is 7.36. The Morgan fingerprint density at radius 3 is 2.70 bits per heavy atom. The molecule has 3 rings (SSSR count). The van der Waals surface area contributed by atoms with Crippen LogP contribution in [0.3, 0.4) is 0 Å². The Balaban J connectivity index is 1.72. The van der Waals surface area contributed by atoms with Crippen molar-refractivity contribution in [2.75, 3.05) is 5.32 Å². The van der Waals surface area contributed by atoms with Gasteiger partial charge in [0.2, 0.25) is 5.91 Å². The third-order valence-corrected chi connectivity index (χ3v) is 3.88. The molecule has 0 fully saturated rings. The minimum Gasteiger partial charge on any atom is -0.453 e. The Bertz CT molecular complexity index is 962. The maximum absolute atomic E-state index is 14.5. The molecular formula is C20H23FN4O2. The van der Waals surface area contributed by atoms with Crippen molar-refractivity contribution in [3.05, 3.63) is 48.5 Å². The number of nitrogens with one attached hydrogen (secondary N) is 3. The third-order valence-electron chi connectivity index (χ3n) is 3.88. The first-order valence-corrected chi connectivity index (χ1v) is 8.71. The van der Waals surface area contributed by atoms with Gasteiger partial charge in [-0.2, -0.15) is 0 Å². The molecule has 0 bridgehead atoms. The number of hydrogen-bond donors (Lipinski definition) is 3. The zero-order valence-electron chi connectivity index (χ0n) is 15.8. The first-order chi connectivity index (χ1) is 12.7. The second-order valence-electron chi connectivity index (χ2n) is 7.40. The van der Waals surface area contributed by atoms with E-state index in [1.165, 1.54) is 12.1 Å². The van der Waals surface area contributed by atoms with Crippen molar-refractivity contribution in [1.29, 1.82) is 0 Å². The number of benzene rings is 1. The van der Waals surface area contributed by atoms with Crippen molar-refractivity contribution in [3.8, 4) is 11.5 Å². The number of carbonyl (C=O) groups excluding carboxylic acids is 1. The molecule has 0 aliphatic rings. The van der Waals surface area contributed by atoms with Crippen molar-refractivity contribution in [3.63, 3.8) is 0 Å². The molecule has 0 radical (unpaired) electrons. The number of pyridine rings is 1. The van der Waals surface area contributed by atoms with Crippen LogP contribution in [-0.2, 0) is 4.79 Å². The van der Waals surface area contributed by atoms with Crippen LogP contribution in [0.25, 0.3) is 11.0 Å². The number of rotatable bonds is 5. The number of fused-ring (bicyclic) bond motifs is 1. The van der Waals surface area contributed by atoms with E-state index in [9.17, 15) is 9.18 Å². The van der Waals surface area contributed by atoms with E-state index in [1.54, 1.807) is 31.5 Å². The standard InChI is InChI=1S/C20H23FN4O2/c1-12(25-20(2,3)4)19(26)24-13-5-6-17(15(21)11-13)27-16-8-10-23-18-14(16)7-9-22-18/h5-12,25H,1-4H3,(H,22,23)(H,24,26). The van der Waals surface area contributed by atoms with Gasteiger partial charge in [0.05, 0.1) is 11.4 Å². The Labute approximate surface area is 157 Å². The largest absolute Gasteiger partial charge is 0.453 e. The molecule has 1 amide bonds. The van der Waals surface area contributed by atoms with E-state index in [1.807, 2.05) is 26.8 Å². The lowest BCUT2D eigenvalue weighted by Gasteiger charge is -2.25. The summed E-state index contributed by atoms with van der Waals surface area (Å²) in [7, 11) is 0. The smallest absolute Gasteiger partial charge is 0.241 e. The number of nitrogens with zero attached hydrogens (tertiary/aromatic N) is 1. The van der Waals surface area contributed by atoms with Gasteiger partial charge >= 0.3 is 0 Å². The number of H-pyrrole nitrogens is 1. The summed E-state index contributed by atoms with van der Waals surface area (Å²) >= 11 is 0. The monoisotopic (exact) mass is 370 g/mol. The lowest BCUT2D eigenvalue weighted by molar-refractivity contribution is -0.118. The molecular weight excluding hydrogens is 347 g/mol. The molecule has 0 saturated carbocycles. The van der Waals surface area contributed by atoms with Crippen molar-refractivity contribution < 1.29 is 13.9 Å². The molecule has 1 unspecified atom stereocenters. The van der Waals surface area contributed by atoms with E-state index < -0.39 is 11.9 Å². The number of carbonyl (C=O) groups is 1. The lowest BCUT2D eigenvalue weighted by atomic mass is 10.1. The molecule has 1 aromatic carbocycles. The topological polar surface area (TPSA) is 79.0 Å². The van der Waals surface area contributed by atoms with Crippen LogP contribution in [-0.4, -0.2) is 27.5 Å². The fraction of sp³-hybridized carbons (Fsp3) is 0.300. The highest BCUT2D eigenvalue weighted by Gasteiger charge is 2.20. The molecule has 27 heavy (non-hydrogen) atoms. The van der Waals surface area contributed by atoms with Gasteiger partial charge in [0.1, 0.15) is 11.4 Å². The Morgan fingerprint density at radius 1 is 1.22 bits per heavy atom. The molecule has 0 aliphatic carbocycles. The van der Waals surface area contributed by atoms with Gasteiger partial charge in [0.15, 0.2) is 11.6 Å². The third kappa shape index (κ3) is 4.62. The summed E-state index contributed by atoms with van der Waals surface area (Å²) in [5, 5.41) is 6.64. The lowest BCUT2D eigenvalue weighted by Crippen LogP contribution is -2.48. The van der Waals surface area contributed by atoms with E-state index in [2.05, 4.69) is 20.6 Å². The average molecular weight is 370 g/mol. The van der Waals surface area contributed by atoms with Crippen LogP contribution in [0.4, 0.5) is 10.1 Å². The van der Waals surface area contributed by atoms with Crippen LogP contribution in [0.15, 0.2) is 42.7 Å². The van der Waals surface area contributed by atoms with Gasteiger partial charge in [-0.3, -0.25) is 4.79 Å². The van der Waals surface area contributed by atoms with Crippen molar-refractivity contribution in [1.82, 2.24) is 15.3 Å². The van der Waals surface area contributed by atoms with Crippen LogP contribution in [0.5, 0.6) is 11.5 Å². The van der Waals surface area contributed by atoms with E-state index in [4.69, 9.17) is 4.74 Å². The molecule has 0 aliphatic heterocycles. The molecule has 142 valence electrons. The molecule has 3 N–H and O–H groups in total. The van der Waals surface area contributed by atoms with Gasteiger partial charge in [-0.25, -0.2) is 9.37 Å². The molecule has 1 atom stereocenters. The first-order valence-electron chi connectivity index (χ1n) is 8.71. The number of anilines is 1. The predicted molar refractivity (Wildman–Crippen MR) is 104 cm³/mol. The molecule has 2 aromatic heterocycles. The SMILES string of the molecule is CC(NC(C)(C)C)C(=O)Nc1ccc(Oc2ccnc3[nH]ccc23)c(F)c1. The number of hydrogen-bond acceptors (Lipinski definition) is 4. The Kier molecular flexibility index (Phi) is 5.14. The van der Waals surface area contributed by atoms with E-state index in [0.29, 0.717) is 17.1 Å². The number of amides is 1. The Hall–Kier alpha value is -2.93. The first kappa shape index (κ1) is 18.8. The summed E-state index contributed by atoms with van der Waals surface area (Å²) in [5.41, 5.74) is 0.833. The molecule has 7 heteroatoms. The van der Waals surface area contributed by atoms with Gasteiger partial charge < -0.3 is 20.4 Å². The zero-order valence-corrected chi connectivity index (χ0v) is 15.8. The van der Waals surface area contributed by atoms with Gasteiger partial charge in [0, 0.05) is 29.7 Å². The van der Waals surface area contributed by atoms with Gasteiger partial charge in [-0.05, 0) is 52.0 Å². The quantitative estimate of drug-likeness (QED) is 0.629. The number of halogens is 1. The van der Waals surface area contributed by atoms with Gasteiger partial charge in [-0.1, -0.05) is 0 Å². The molecule has 2 heterocycles. The Morgan fingerprint density at radius 2 is 2.00 bits per heavy atom. The average Bonchev–Trinajstić information content (AvgIpc) is 3.05. The van der Waals surface area contributed by atoms with E-state index in [-0.39, 0.29) is 17.2 Å². The highest BCUT2D eigenvalue weighted by atomic mass is 19.1. The second-order valence-corrected chi connectivity index (χ2v) is 7.40. The maximum Gasteiger partial charge on any atom is 0.241 e. The highest BCUT2D eigenvalue weighted by molar-refractivity contribution is 5.94. The predicted octanol–water partition coefficient (Wildman–Crippen LogP) is 4.21. The normalized spacial score (nSPS) is 12.8. The zero-order chi connectivity index (χ0) is 19.6. The molecule has 3 aromatic rings. The van der Waals surface area contributed by atoms with Crippen molar-refractivity contribution >= 4 is 22.6 Å². The van der Waals surface area contributed by atoms with Crippen LogP contribution >= 0.6 is 0 Å². The van der Waals surface area contributed by atoms with Crippen LogP contribution in [0, 0.1) is 5.82 Å². The summed E-state index contributed by atoms with van der Waals surface area (Å²) in [6.45, 7) is 7.69. The summed E-state index contributed by atoms with van der Waals surface area (Å²) < 4.78 is 20.2. The molecule has 0 saturated heterocycles. The van der Waals surface area contributed by atoms with Crippen LogP contribution in [0.1, 0.15) is 27.7 Å². The minimum atomic E-state index is -0.565. The van der Waals surface area contributed by atoms with E-state index in [0.717, 1.165) is 5.39 Å². The molecule has 6 nitrogen and oxygen atoms in total. The number of aromatic nitrogens is 2. The number of aromatic amines is 1. The number of ether oxygens (including phenoxy) is 1. The summed E-state index contributed by atoms with van der Waals surface area (Å²) in [5.74, 6) is -0.228. The minimum absolute atomic E-state index is 0.0718. The van der Waals surface area contributed by atoms with Crippen LogP contribution in [0.2, 0.25) is 0 Å². The summed E-state index contributed by atoms with van der Waals surface area (Å²) in [6, 6.07) is 7.41. The van der Waals surface area contributed by atoms with E-state index >= 15 is 0 Å². The summed E-state index contributed by atoms with van der Waals surface area (Å²) in [6.07, 6.45) is 3.33. The fourth-order valence-electron chi connectivity index (χ4n) is 2.77. The fourth-order valence-corrected chi connectivity index (χ4v) is 2.77.